The number of anilines is 1. The fourth-order valence-corrected chi connectivity index (χ4v) is 3.03. The molecule has 0 aromatic heterocycles. The lowest BCUT2D eigenvalue weighted by atomic mass is 10.1. The van der Waals surface area contributed by atoms with Crippen LogP contribution in [0.5, 0.6) is 0 Å². The molecule has 0 aliphatic rings. The molecule has 27 heavy (non-hydrogen) atoms. The van der Waals surface area contributed by atoms with E-state index in [0.717, 1.165) is 4.90 Å². The largest absolute Gasteiger partial charge is 0.457 e. The Morgan fingerprint density at radius 1 is 1.04 bits per heavy atom. The molecule has 1 amide bonds. The number of benzene rings is 2. The van der Waals surface area contributed by atoms with Crippen LogP contribution in [0.4, 0.5) is 5.69 Å². The van der Waals surface area contributed by atoms with Gasteiger partial charge in [0.05, 0.1) is 6.42 Å². The van der Waals surface area contributed by atoms with E-state index in [2.05, 4.69) is 5.32 Å². The van der Waals surface area contributed by atoms with Crippen LogP contribution in [0.1, 0.15) is 30.1 Å². The van der Waals surface area contributed by atoms with Gasteiger partial charge in [-0.25, -0.2) is 0 Å². The monoisotopic (exact) mass is 405 g/mol. The van der Waals surface area contributed by atoms with Crippen LogP contribution in [0.15, 0.2) is 53.4 Å². The quantitative estimate of drug-likeness (QED) is 0.375. The highest BCUT2D eigenvalue weighted by Gasteiger charge is 2.10. The van der Waals surface area contributed by atoms with E-state index in [9.17, 15) is 14.4 Å². The molecule has 0 bridgehead atoms. The van der Waals surface area contributed by atoms with E-state index in [-0.39, 0.29) is 24.7 Å². The third kappa shape index (κ3) is 7.45. The van der Waals surface area contributed by atoms with Crippen molar-refractivity contribution in [1.29, 1.82) is 0 Å². The zero-order chi connectivity index (χ0) is 19.6. The molecule has 0 fully saturated rings. The number of thioether (sulfide) groups is 1. The Morgan fingerprint density at radius 3 is 2.33 bits per heavy atom. The topological polar surface area (TPSA) is 72.5 Å². The molecule has 1 N–H and O–H groups in total. The van der Waals surface area contributed by atoms with E-state index < -0.39 is 5.97 Å². The first-order valence-electron chi connectivity index (χ1n) is 8.45. The van der Waals surface area contributed by atoms with Crippen molar-refractivity contribution in [3.05, 3.63) is 59.1 Å². The summed E-state index contributed by atoms with van der Waals surface area (Å²) in [7, 11) is 0. The maximum absolute atomic E-state index is 12.1. The van der Waals surface area contributed by atoms with E-state index >= 15 is 0 Å². The highest BCUT2D eigenvalue weighted by atomic mass is 35.5. The Balaban J connectivity index is 1.71. The van der Waals surface area contributed by atoms with Gasteiger partial charge in [-0.15, -0.1) is 11.8 Å². The van der Waals surface area contributed by atoms with Gasteiger partial charge in [-0.1, -0.05) is 18.5 Å². The number of Topliss-reactive ketones (excluding diaryl/α,β-unsaturated/α-hetero) is 1. The first kappa shape index (κ1) is 21.0. The molecule has 5 nitrogen and oxygen atoms in total. The normalized spacial score (nSPS) is 10.3. The molecule has 2 rings (SSSR count). The van der Waals surface area contributed by atoms with Crippen molar-refractivity contribution in [1.82, 2.24) is 0 Å². The lowest BCUT2D eigenvalue weighted by Crippen LogP contribution is -2.15. The van der Waals surface area contributed by atoms with Crippen molar-refractivity contribution in [2.75, 3.05) is 17.7 Å². The SMILES string of the molecule is CCC(=O)Nc1ccc(C(=O)COC(=O)CCSc2ccc(Cl)cc2)cc1. The number of amides is 1. The zero-order valence-electron chi connectivity index (χ0n) is 14.9. The maximum Gasteiger partial charge on any atom is 0.307 e. The summed E-state index contributed by atoms with van der Waals surface area (Å²) in [5.41, 5.74) is 1.04. The zero-order valence-corrected chi connectivity index (χ0v) is 16.4. The number of carbonyl (C=O) groups excluding carboxylic acids is 3. The summed E-state index contributed by atoms with van der Waals surface area (Å²) in [5, 5.41) is 3.37. The van der Waals surface area contributed by atoms with Gasteiger partial charge < -0.3 is 10.1 Å². The minimum absolute atomic E-state index is 0.0977. The minimum atomic E-state index is -0.420. The molecule has 0 aliphatic heterocycles. The van der Waals surface area contributed by atoms with Crippen LogP contribution < -0.4 is 5.32 Å². The lowest BCUT2D eigenvalue weighted by molar-refractivity contribution is -0.142. The summed E-state index contributed by atoms with van der Waals surface area (Å²) in [6.45, 7) is 1.46. The Morgan fingerprint density at radius 2 is 1.70 bits per heavy atom. The first-order chi connectivity index (χ1) is 13.0. The van der Waals surface area contributed by atoms with E-state index in [1.807, 2.05) is 12.1 Å². The first-order valence-corrected chi connectivity index (χ1v) is 9.81. The number of hydrogen-bond acceptors (Lipinski definition) is 5. The van der Waals surface area contributed by atoms with Crippen LogP contribution in [0.2, 0.25) is 5.02 Å². The van der Waals surface area contributed by atoms with Gasteiger partial charge in [0.1, 0.15) is 0 Å². The molecule has 0 unspecified atom stereocenters. The maximum atomic E-state index is 12.1. The van der Waals surface area contributed by atoms with Gasteiger partial charge in [-0.2, -0.15) is 0 Å². The Hall–Kier alpha value is -2.31. The van der Waals surface area contributed by atoms with Crippen LogP contribution in [-0.2, 0) is 14.3 Å². The van der Waals surface area contributed by atoms with Gasteiger partial charge in [-0.05, 0) is 48.5 Å². The predicted octanol–water partition coefficient (Wildman–Crippen LogP) is 4.60. The van der Waals surface area contributed by atoms with Crippen molar-refractivity contribution in [3.8, 4) is 0 Å². The smallest absolute Gasteiger partial charge is 0.307 e. The summed E-state index contributed by atoms with van der Waals surface area (Å²) in [6.07, 6.45) is 0.593. The minimum Gasteiger partial charge on any atom is -0.457 e. The molecule has 0 radical (unpaired) electrons. The summed E-state index contributed by atoms with van der Waals surface area (Å²) in [6, 6.07) is 13.8. The molecule has 2 aromatic rings. The number of ketones is 1. The third-order valence-electron chi connectivity index (χ3n) is 3.56. The number of esters is 1. The summed E-state index contributed by atoms with van der Waals surface area (Å²) >= 11 is 7.34. The van der Waals surface area contributed by atoms with E-state index in [1.165, 1.54) is 11.8 Å². The molecular formula is C20H20ClNO4S. The fraction of sp³-hybridized carbons (Fsp3) is 0.250. The number of carbonyl (C=O) groups is 3. The van der Waals surface area contributed by atoms with E-state index in [0.29, 0.717) is 28.4 Å². The van der Waals surface area contributed by atoms with E-state index in [4.69, 9.17) is 16.3 Å². The number of rotatable bonds is 9. The summed E-state index contributed by atoms with van der Waals surface area (Å²) in [5.74, 6) is -0.251. The molecule has 7 heteroatoms. The Kier molecular flexibility index (Phi) is 8.36. The average molecular weight is 406 g/mol. The van der Waals surface area contributed by atoms with Gasteiger partial charge in [0, 0.05) is 33.3 Å². The van der Waals surface area contributed by atoms with Gasteiger partial charge in [-0.3, -0.25) is 14.4 Å². The number of ether oxygens (including phenoxy) is 1. The van der Waals surface area contributed by atoms with Gasteiger partial charge in [0.2, 0.25) is 5.91 Å². The Bertz CT molecular complexity index is 791. The summed E-state index contributed by atoms with van der Waals surface area (Å²) in [4.78, 5) is 36.2. The third-order valence-corrected chi connectivity index (χ3v) is 4.83. The van der Waals surface area contributed by atoms with Crippen molar-refractivity contribution < 1.29 is 19.1 Å². The second-order valence-electron chi connectivity index (χ2n) is 5.62. The average Bonchev–Trinajstić information content (AvgIpc) is 2.68. The molecular weight excluding hydrogens is 386 g/mol. The van der Waals surface area contributed by atoms with Crippen LogP contribution in [-0.4, -0.2) is 30.0 Å². The molecule has 0 saturated heterocycles. The van der Waals surface area contributed by atoms with Gasteiger partial charge in [0.15, 0.2) is 12.4 Å². The molecule has 142 valence electrons. The van der Waals surface area contributed by atoms with Crippen molar-refractivity contribution in [3.63, 3.8) is 0 Å². The summed E-state index contributed by atoms with van der Waals surface area (Å²) < 4.78 is 5.03. The number of nitrogens with one attached hydrogen (secondary N) is 1. The highest BCUT2D eigenvalue weighted by molar-refractivity contribution is 7.99. The second-order valence-corrected chi connectivity index (χ2v) is 7.22. The van der Waals surface area contributed by atoms with E-state index in [1.54, 1.807) is 43.3 Å². The molecule has 0 spiro atoms. The molecule has 0 saturated carbocycles. The van der Waals surface area contributed by atoms with Crippen molar-refractivity contribution in [2.24, 2.45) is 0 Å². The lowest BCUT2D eigenvalue weighted by Gasteiger charge is -2.06. The number of hydrogen-bond donors (Lipinski definition) is 1. The van der Waals surface area contributed by atoms with Crippen LogP contribution in [0.3, 0.4) is 0 Å². The van der Waals surface area contributed by atoms with Crippen molar-refractivity contribution in [2.45, 2.75) is 24.7 Å². The predicted molar refractivity (Wildman–Crippen MR) is 107 cm³/mol. The molecule has 0 heterocycles. The van der Waals surface area contributed by atoms with Crippen molar-refractivity contribution >= 4 is 46.7 Å². The fourth-order valence-electron chi connectivity index (χ4n) is 2.07. The standard InChI is InChI=1S/C20H20ClNO4S/c1-2-19(24)22-16-7-3-14(4-8-16)18(23)13-26-20(25)11-12-27-17-9-5-15(21)6-10-17/h3-10H,2,11-13H2,1H3,(H,22,24). The number of halogens is 1. The molecule has 2 aromatic carbocycles. The highest BCUT2D eigenvalue weighted by Crippen LogP contribution is 2.21. The molecule has 0 atom stereocenters. The second kappa shape index (κ2) is 10.7. The van der Waals surface area contributed by atoms with Gasteiger partial charge >= 0.3 is 5.97 Å². The van der Waals surface area contributed by atoms with Crippen LogP contribution >= 0.6 is 23.4 Å². The molecule has 0 aliphatic carbocycles. The van der Waals surface area contributed by atoms with Gasteiger partial charge in [0.25, 0.3) is 0 Å². The Labute approximate surface area is 167 Å². The van der Waals surface area contributed by atoms with Crippen LogP contribution in [0.25, 0.3) is 0 Å². The van der Waals surface area contributed by atoms with Crippen LogP contribution in [0, 0.1) is 0 Å².